The molecule has 0 aromatic carbocycles. The van der Waals surface area contributed by atoms with E-state index in [0.717, 1.165) is 6.20 Å². The lowest BCUT2D eigenvalue weighted by Gasteiger charge is -2.27. The normalized spacial score (nSPS) is 31.3. The van der Waals surface area contributed by atoms with Crippen LogP contribution < -0.4 is 11.3 Å². The van der Waals surface area contributed by atoms with E-state index in [1.165, 1.54) is 18.4 Å². The molecule has 5 atom stereocenters. The highest BCUT2D eigenvalue weighted by Crippen LogP contribution is 2.39. The Morgan fingerprint density at radius 2 is 2.33 bits per heavy atom. The van der Waals surface area contributed by atoms with Crippen LogP contribution in [0.4, 0.5) is 4.39 Å². The lowest BCUT2D eigenvalue weighted by Crippen LogP contribution is -2.54. The molecule has 3 heterocycles. The highest BCUT2D eigenvalue weighted by Gasteiger charge is 2.55. The summed E-state index contributed by atoms with van der Waals surface area (Å²) in [4.78, 5) is 18.5. The van der Waals surface area contributed by atoms with Gasteiger partial charge in [0.15, 0.2) is 23.2 Å². The summed E-state index contributed by atoms with van der Waals surface area (Å²) in [5, 5.41) is 19.8. The van der Waals surface area contributed by atoms with E-state index in [-0.39, 0.29) is 16.9 Å². The molecule has 2 aromatic rings. The minimum absolute atomic E-state index is 0.0118. The first-order chi connectivity index (χ1) is 11.2. The number of aromatic nitrogens is 3. The quantitative estimate of drug-likeness (QED) is 0.529. The molecule has 0 amide bonds. The minimum Gasteiger partial charge on any atom is -0.391 e. The van der Waals surface area contributed by atoms with Crippen molar-refractivity contribution in [3.8, 4) is 12.3 Å². The van der Waals surface area contributed by atoms with Crippen molar-refractivity contribution in [2.75, 3.05) is 0 Å². The number of nitrogens with two attached hydrogens (primary N) is 1. The lowest BCUT2D eigenvalue weighted by molar-refractivity contribution is -0.0756. The maximum Gasteiger partial charge on any atom is 0.263 e. The molecular formula is C15H17FN4O4. The molecular weight excluding hydrogens is 319 g/mol. The van der Waals surface area contributed by atoms with Gasteiger partial charge in [0.1, 0.15) is 23.4 Å². The zero-order valence-corrected chi connectivity index (χ0v) is 13.0. The Hall–Kier alpha value is -2.25. The number of nitrogens with one attached hydrogen (secondary N) is 1. The summed E-state index contributed by atoms with van der Waals surface area (Å²) in [6.45, 7) is 2.95. The molecule has 0 saturated carbocycles. The summed E-state index contributed by atoms with van der Waals surface area (Å²) < 4.78 is 21.0. The molecule has 0 aliphatic carbocycles. The molecule has 8 nitrogen and oxygen atoms in total. The Balaban J connectivity index is 2.24. The summed E-state index contributed by atoms with van der Waals surface area (Å²) in [5.74, 6) is 1.70. The van der Waals surface area contributed by atoms with Crippen molar-refractivity contribution >= 4 is 11.0 Å². The smallest absolute Gasteiger partial charge is 0.263 e. The summed E-state index contributed by atoms with van der Waals surface area (Å²) in [7, 11) is 0. The Morgan fingerprint density at radius 1 is 1.67 bits per heavy atom. The predicted molar refractivity (Wildman–Crippen MR) is 82.4 cm³/mol. The number of hydrogen-bond acceptors (Lipinski definition) is 6. The van der Waals surface area contributed by atoms with E-state index >= 15 is 0 Å². The zero-order chi connectivity index (χ0) is 17.8. The average Bonchev–Trinajstić information content (AvgIpc) is 2.95. The fraction of sp³-hybridized carbons (Fsp3) is 0.467. The van der Waals surface area contributed by atoms with E-state index in [2.05, 4.69) is 15.9 Å². The number of nitrogens with zero attached hydrogens (tertiary/aromatic N) is 2. The molecule has 5 N–H and O–H groups in total. The zero-order valence-electron chi connectivity index (χ0n) is 13.0. The molecule has 128 valence electrons. The maximum atomic E-state index is 14.2. The number of aromatic amines is 1. The van der Waals surface area contributed by atoms with Gasteiger partial charge in [0, 0.05) is 6.20 Å². The largest absolute Gasteiger partial charge is 0.391 e. The number of aliphatic hydroxyl groups excluding tert-OH is 2. The number of H-pyrrole nitrogens is 1. The monoisotopic (exact) mass is 336 g/mol. The third-order valence-electron chi connectivity index (χ3n) is 4.23. The van der Waals surface area contributed by atoms with E-state index in [0.29, 0.717) is 0 Å². The van der Waals surface area contributed by atoms with E-state index in [4.69, 9.17) is 16.9 Å². The number of hydrogen-bond donors (Lipinski definition) is 4. The molecule has 3 rings (SSSR count). The predicted octanol–water partition coefficient (Wildman–Crippen LogP) is -0.858. The van der Waals surface area contributed by atoms with E-state index in [9.17, 15) is 19.4 Å². The number of aryl methyl sites for hydroxylation is 1. The van der Waals surface area contributed by atoms with Crippen molar-refractivity contribution in [3.63, 3.8) is 0 Å². The fourth-order valence-electron chi connectivity index (χ4n) is 2.98. The van der Waals surface area contributed by atoms with Crippen LogP contribution in [0.1, 0.15) is 19.0 Å². The van der Waals surface area contributed by atoms with Gasteiger partial charge in [-0.1, -0.05) is 5.92 Å². The first-order valence-electron chi connectivity index (χ1n) is 7.26. The summed E-state index contributed by atoms with van der Waals surface area (Å²) in [6, 6.07) is 0. The first kappa shape index (κ1) is 16.6. The van der Waals surface area contributed by atoms with Gasteiger partial charge >= 0.3 is 0 Å². The third-order valence-corrected chi connectivity index (χ3v) is 4.23. The maximum absolute atomic E-state index is 14.2. The summed E-state index contributed by atoms with van der Waals surface area (Å²) >= 11 is 0. The average molecular weight is 336 g/mol. The molecule has 1 aliphatic rings. The first-order valence-corrected chi connectivity index (χ1v) is 7.26. The van der Waals surface area contributed by atoms with Gasteiger partial charge in [-0.2, -0.15) is 0 Å². The second-order valence-corrected chi connectivity index (χ2v) is 5.95. The van der Waals surface area contributed by atoms with E-state index < -0.39 is 41.5 Å². The van der Waals surface area contributed by atoms with Crippen molar-refractivity contribution < 1.29 is 19.3 Å². The van der Waals surface area contributed by atoms with Gasteiger partial charge in [0.25, 0.3) is 5.56 Å². The van der Waals surface area contributed by atoms with E-state index in [1.807, 2.05) is 0 Å². The molecule has 0 spiro atoms. The molecule has 1 saturated heterocycles. The van der Waals surface area contributed by atoms with Crippen LogP contribution in [0.25, 0.3) is 11.0 Å². The van der Waals surface area contributed by atoms with Crippen molar-refractivity contribution in [1.29, 1.82) is 0 Å². The molecule has 24 heavy (non-hydrogen) atoms. The molecule has 0 bridgehead atoms. The van der Waals surface area contributed by atoms with Crippen molar-refractivity contribution in [2.24, 2.45) is 5.73 Å². The topological polar surface area (TPSA) is 126 Å². The van der Waals surface area contributed by atoms with Crippen LogP contribution in [-0.4, -0.2) is 48.6 Å². The highest BCUT2D eigenvalue weighted by molar-refractivity contribution is 5.76. The minimum atomic E-state index is -1.74. The van der Waals surface area contributed by atoms with Crippen LogP contribution in [0.5, 0.6) is 0 Å². The van der Waals surface area contributed by atoms with Crippen LogP contribution in [0.3, 0.4) is 0 Å². The molecule has 1 unspecified atom stereocenters. The number of terminal acetylenes is 1. The van der Waals surface area contributed by atoms with Gasteiger partial charge in [-0.15, -0.1) is 6.42 Å². The number of halogens is 1. The van der Waals surface area contributed by atoms with Gasteiger partial charge in [-0.25, -0.2) is 9.37 Å². The van der Waals surface area contributed by atoms with Gasteiger partial charge in [-0.3, -0.25) is 9.36 Å². The second-order valence-electron chi connectivity index (χ2n) is 5.95. The summed E-state index contributed by atoms with van der Waals surface area (Å²) in [6.07, 6.45) is 1.72. The van der Waals surface area contributed by atoms with Gasteiger partial charge < -0.3 is 25.7 Å². The van der Waals surface area contributed by atoms with E-state index in [1.54, 1.807) is 0 Å². The fourth-order valence-corrected chi connectivity index (χ4v) is 2.98. The number of fused-ring (bicyclic) bond motifs is 1. The van der Waals surface area contributed by atoms with Crippen LogP contribution in [0.15, 0.2) is 11.0 Å². The van der Waals surface area contributed by atoms with Crippen LogP contribution in [0, 0.1) is 25.1 Å². The van der Waals surface area contributed by atoms with Gasteiger partial charge in [0.05, 0.1) is 6.10 Å². The molecule has 0 radical (unpaired) electrons. The molecule has 1 fully saturated rings. The Morgan fingerprint density at radius 3 is 2.92 bits per heavy atom. The highest BCUT2D eigenvalue weighted by atomic mass is 19.1. The molecule has 1 aliphatic heterocycles. The van der Waals surface area contributed by atoms with Gasteiger partial charge in [0.2, 0.25) is 0 Å². The van der Waals surface area contributed by atoms with Gasteiger partial charge in [-0.05, 0) is 13.8 Å². The van der Waals surface area contributed by atoms with Crippen LogP contribution in [0.2, 0.25) is 0 Å². The molecule has 2 aromatic heterocycles. The lowest BCUT2D eigenvalue weighted by atomic mass is 9.90. The summed E-state index contributed by atoms with van der Waals surface area (Å²) in [5.41, 5.74) is 3.70. The Bertz CT molecular complexity index is 899. The van der Waals surface area contributed by atoms with Crippen LogP contribution >= 0.6 is 0 Å². The van der Waals surface area contributed by atoms with Crippen molar-refractivity contribution in [2.45, 2.75) is 43.9 Å². The second kappa shape index (κ2) is 5.39. The SMILES string of the molecule is C#CC1(N)[C@@H](O)[C@@H]([C@@H](C)O)O[C@H]1n1cc(F)c2c(=O)[nH]c(C)nc21. The number of ether oxygens (including phenoxy) is 1. The standard InChI is InChI=1S/C15H17FN4O4/c1-4-15(17)11(22)10(6(2)21)24-14(15)20-5-8(16)9-12(20)18-7(3)19-13(9)23/h1,5-6,10-11,14,21-22H,17H2,2-3H3,(H,18,19,23)/t6-,10-,11+,14-,15?/m1/s1. The Kier molecular flexibility index (Phi) is 3.73. The van der Waals surface area contributed by atoms with Crippen LogP contribution in [-0.2, 0) is 4.74 Å². The third kappa shape index (κ3) is 2.16. The Labute approximate surface area is 136 Å². The number of rotatable bonds is 2. The molecule has 9 heteroatoms. The number of aliphatic hydroxyl groups is 2. The van der Waals surface area contributed by atoms with Crippen molar-refractivity contribution in [3.05, 3.63) is 28.2 Å². The van der Waals surface area contributed by atoms with Crippen molar-refractivity contribution in [1.82, 2.24) is 14.5 Å².